The van der Waals surface area contributed by atoms with E-state index in [2.05, 4.69) is 21.2 Å². The normalized spacial score (nSPS) is 10.7. The van der Waals surface area contributed by atoms with Crippen LogP contribution < -0.4 is 14.8 Å². The second kappa shape index (κ2) is 10.3. The number of hydrogen-bond donors (Lipinski definition) is 1. The summed E-state index contributed by atoms with van der Waals surface area (Å²) in [6, 6.07) is 12.9. The van der Waals surface area contributed by atoms with E-state index in [9.17, 15) is 9.59 Å². The first-order valence-corrected chi connectivity index (χ1v) is 10.8. The highest BCUT2D eigenvalue weighted by Gasteiger charge is 2.22. The molecule has 0 spiro atoms. The van der Waals surface area contributed by atoms with E-state index < -0.39 is 5.97 Å². The number of amides is 1. The summed E-state index contributed by atoms with van der Waals surface area (Å²) in [6.45, 7) is 0. The van der Waals surface area contributed by atoms with Crippen LogP contribution in [0.2, 0.25) is 0 Å². The number of nitrogens with one attached hydrogen (secondary N) is 1. The third-order valence-corrected chi connectivity index (χ3v) is 5.83. The van der Waals surface area contributed by atoms with Crippen LogP contribution in [0.5, 0.6) is 11.5 Å². The van der Waals surface area contributed by atoms with Gasteiger partial charge in [-0.15, -0.1) is 11.3 Å². The van der Waals surface area contributed by atoms with Crippen molar-refractivity contribution in [3.05, 3.63) is 69.5 Å². The summed E-state index contributed by atoms with van der Waals surface area (Å²) in [5.41, 5.74) is 2.63. The number of carbonyl (C=O) groups excluding carboxylic acids is 2. The van der Waals surface area contributed by atoms with E-state index in [0.29, 0.717) is 27.6 Å². The molecule has 8 heteroatoms. The van der Waals surface area contributed by atoms with Gasteiger partial charge in [-0.3, -0.25) is 4.79 Å². The Morgan fingerprint density at radius 2 is 1.71 bits per heavy atom. The zero-order valence-electron chi connectivity index (χ0n) is 17.1. The lowest BCUT2D eigenvalue weighted by molar-refractivity contribution is -0.111. The van der Waals surface area contributed by atoms with E-state index in [1.165, 1.54) is 24.5 Å². The molecule has 0 unspecified atom stereocenters. The van der Waals surface area contributed by atoms with Crippen LogP contribution in [0.3, 0.4) is 0 Å². The first kappa shape index (κ1) is 22.6. The van der Waals surface area contributed by atoms with Crippen LogP contribution in [0, 0.1) is 0 Å². The lowest BCUT2D eigenvalue weighted by Crippen LogP contribution is -2.11. The Morgan fingerprint density at radius 3 is 2.35 bits per heavy atom. The van der Waals surface area contributed by atoms with Crippen LogP contribution in [0.4, 0.5) is 5.00 Å². The molecule has 0 saturated carbocycles. The predicted octanol–water partition coefficient (Wildman–Crippen LogP) is 5.63. The summed E-state index contributed by atoms with van der Waals surface area (Å²) in [7, 11) is 4.42. The summed E-state index contributed by atoms with van der Waals surface area (Å²) in [5, 5.41) is 5.02. The SMILES string of the molecule is COC(=O)c1c(-c2ccc(Br)cc2)csc1NC(=O)/C=C/c1ccc(OC)c(OC)c1. The van der Waals surface area contributed by atoms with Gasteiger partial charge in [0.05, 0.1) is 21.3 Å². The van der Waals surface area contributed by atoms with Crippen LogP contribution in [0.25, 0.3) is 17.2 Å². The number of carbonyl (C=O) groups is 2. The lowest BCUT2D eigenvalue weighted by atomic mass is 10.0. The first-order valence-electron chi connectivity index (χ1n) is 9.13. The van der Waals surface area contributed by atoms with E-state index in [-0.39, 0.29) is 5.91 Å². The Labute approximate surface area is 192 Å². The molecular formula is C23H20BrNO5S. The molecular weight excluding hydrogens is 482 g/mol. The van der Waals surface area contributed by atoms with Gasteiger partial charge in [-0.2, -0.15) is 0 Å². The van der Waals surface area contributed by atoms with Crippen LogP contribution in [-0.4, -0.2) is 33.2 Å². The lowest BCUT2D eigenvalue weighted by Gasteiger charge is -2.08. The molecule has 0 aliphatic carbocycles. The Bertz CT molecular complexity index is 1120. The molecule has 0 atom stereocenters. The Balaban J connectivity index is 1.83. The summed E-state index contributed by atoms with van der Waals surface area (Å²) in [5.74, 6) is 0.281. The molecule has 160 valence electrons. The average molecular weight is 502 g/mol. The molecule has 0 aliphatic rings. The molecule has 1 amide bonds. The fourth-order valence-corrected chi connectivity index (χ4v) is 4.10. The number of esters is 1. The highest BCUT2D eigenvalue weighted by molar-refractivity contribution is 9.10. The van der Waals surface area contributed by atoms with Crippen molar-refractivity contribution in [2.75, 3.05) is 26.6 Å². The molecule has 2 aromatic carbocycles. The van der Waals surface area contributed by atoms with Gasteiger partial charge in [-0.25, -0.2) is 4.79 Å². The minimum atomic E-state index is -0.515. The summed E-state index contributed by atoms with van der Waals surface area (Å²) in [6.07, 6.45) is 3.04. The van der Waals surface area contributed by atoms with Gasteiger partial charge in [0.25, 0.3) is 0 Å². The quantitative estimate of drug-likeness (QED) is 0.335. The zero-order chi connectivity index (χ0) is 22.4. The number of benzene rings is 2. The van der Waals surface area contributed by atoms with Gasteiger partial charge in [0.15, 0.2) is 11.5 Å². The fraction of sp³-hybridized carbons (Fsp3) is 0.130. The van der Waals surface area contributed by atoms with Crippen molar-refractivity contribution in [1.29, 1.82) is 0 Å². The van der Waals surface area contributed by atoms with Crippen molar-refractivity contribution in [3.8, 4) is 22.6 Å². The third kappa shape index (κ3) is 5.34. The van der Waals surface area contributed by atoms with Crippen LogP contribution in [0.1, 0.15) is 15.9 Å². The van der Waals surface area contributed by atoms with Gasteiger partial charge >= 0.3 is 5.97 Å². The maximum atomic E-state index is 12.5. The molecule has 1 heterocycles. The van der Waals surface area contributed by atoms with Gasteiger partial charge in [0.2, 0.25) is 5.91 Å². The molecule has 1 aromatic heterocycles. The molecule has 3 aromatic rings. The zero-order valence-corrected chi connectivity index (χ0v) is 19.5. The summed E-state index contributed by atoms with van der Waals surface area (Å²) < 4.78 is 16.4. The van der Waals surface area contributed by atoms with Gasteiger partial charge < -0.3 is 19.5 Å². The standard InChI is InChI=1S/C23H20BrNO5S/c1-28-18-10-4-14(12-19(18)29-2)5-11-20(26)25-22-21(23(27)30-3)17(13-31-22)15-6-8-16(24)9-7-15/h4-13H,1-3H3,(H,25,26)/b11-5+. The Morgan fingerprint density at radius 1 is 1.00 bits per heavy atom. The topological polar surface area (TPSA) is 73.9 Å². The van der Waals surface area contributed by atoms with E-state index in [0.717, 1.165) is 15.6 Å². The van der Waals surface area contributed by atoms with Crippen molar-refractivity contribution in [3.63, 3.8) is 0 Å². The molecule has 1 N–H and O–H groups in total. The second-order valence-electron chi connectivity index (χ2n) is 6.29. The second-order valence-corrected chi connectivity index (χ2v) is 8.08. The van der Waals surface area contributed by atoms with Crippen molar-refractivity contribution in [2.45, 2.75) is 0 Å². The number of thiophene rings is 1. The van der Waals surface area contributed by atoms with Crippen molar-refractivity contribution < 1.29 is 23.8 Å². The molecule has 3 rings (SSSR count). The molecule has 0 aliphatic heterocycles. The maximum Gasteiger partial charge on any atom is 0.341 e. The largest absolute Gasteiger partial charge is 0.493 e. The Hall–Kier alpha value is -3.10. The number of methoxy groups -OCH3 is 3. The van der Waals surface area contributed by atoms with Gasteiger partial charge in [-0.1, -0.05) is 34.1 Å². The summed E-state index contributed by atoms with van der Waals surface area (Å²) in [4.78, 5) is 24.9. The molecule has 0 saturated heterocycles. The number of halogens is 1. The molecule has 6 nitrogen and oxygen atoms in total. The number of hydrogen-bond acceptors (Lipinski definition) is 6. The number of ether oxygens (including phenoxy) is 3. The predicted molar refractivity (Wildman–Crippen MR) is 126 cm³/mol. The smallest absolute Gasteiger partial charge is 0.341 e. The van der Waals surface area contributed by atoms with Crippen molar-refractivity contribution in [1.82, 2.24) is 0 Å². The van der Waals surface area contributed by atoms with E-state index in [4.69, 9.17) is 14.2 Å². The molecule has 31 heavy (non-hydrogen) atoms. The fourth-order valence-electron chi connectivity index (χ4n) is 2.88. The average Bonchev–Trinajstić information content (AvgIpc) is 3.20. The van der Waals surface area contributed by atoms with E-state index in [1.807, 2.05) is 35.7 Å². The van der Waals surface area contributed by atoms with E-state index in [1.54, 1.807) is 32.4 Å². The molecule has 0 radical (unpaired) electrons. The van der Waals surface area contributed by atoms with Crippen LogP contribution >= 0.6 is 27.3 Å². The van der Waals surface area contributed by atoms with Gasteiger partial charge in [-0.05, 0) is 41.5 Å². The van der Waals surface area contributed by atoms with Crippen molar-refractivity contribution in [2.24, 2.45) is 0 Å². The van der Waals surface area contributed by atoms with Crippen LogP contribution in [0.15, 0.2) is 58.4 Å². The molecule has 0 fully saturated rings. The Kier molecular flexibility index (Phi) is 7.49. The first-order chi connectivity index (χ1) is 15.0. The number of rotatable bonds is 7. The summed E-state index contributed by atoms with van der Waals surface area (Å²) >= 11 is 4.67. The van der Waals surface area contributed by atoms with Crippen molar-refractivity contribution >= 4 is 50.2 Å². The monoisotopic (exact) mass is 501 g/mol. The van der Waals surface area contributed by atoms with Gasteiger partial charge in [0.1, 0.15) is 10.6 Å². The maximum absolute atomic E-state index is 12.5. The van der Waals surface area contributed by atoms with E-state index >= 15 is 0 Å². The number of anilines is 1. The van der Waals surface area contributed by atoms with Gasteiger partial charge in [0, 0.05) is 21.5 Å². The minimum Gasteiger partial charge on any atom is -0.493 e. The van der Waals surface area contributed by atoms with Crippen LogP contribution in [-0.2, 0) is 9.53 Å². The minimum absolute atomic E-state index is 0.322. The molecule has 0 bridgehead atoms. The third-order valence-electron chi connectivity index (χ3n) is 4.41. The highest BCUT2D eigenvalue weighted by atomic mass is 79.9. The highest BCUT2D eigenvalue weighted by Crippen LogP contribution is 2.36.